The number of ether oxygens (including phenoxy) is 2. The van der Waals surface area contributed by atoms with Crippen LogP contribution in [0.3, 0.4) is 0 Å². The molecule has 0 aromatic carbocycles. The van der Waals surface area contributed by atoms with Crippen LogP contribution in [0, 0.1) is 0 Å². The molecule has 0 aliphatic carbocycles. The summed E-state index contributed by atoms with van der Waals surface area (Å²) in [4.78, 5) is 11.5. The highest BCUT2D eigenvalue weighted by atomic mass is 16.5. The highest BCUT2D eigenvalue weighted by molar-refractivity contribution is 5.51. The number of anilines is 2. The first-order valence-electron chi connectivity index (χ1n) is 9.98. The van der Waals surface area contributed by atoms with Crippen molar-refractivity contribution in [3.8, 4) is 5.88 Å². The Balaban J connectivity index is 1.11. The van der Waals surface area contributed by atoms with E-state index in [-0.39, 0.29) is 6.10 Å². The van der Waals surface area contributed by atoms with Gasteiger partial charge in [0.25, 0.3) is 0 Å². The van der Waals surface area contributed by atoms with E-state index in [0.29, 0.717) is 17.6 Å². The third-order valence-electron chi connectivity index (χ3n) is 6.55. The molecule has 8 nitrogen and oxygen atoms in total. The number of nitrogens with zero attached hydrogens (tertiary/aromatic N) is 4. The van der Waals surface area contributed by atoms with E-state index >= 15 is 0 Å². The molecule has 142 valence electrons. The van der Waals surface area contributed by atoms with Crippen molar-refractivity contribution in [1.29, 1.82) is 0 Å². The number of hydrogen-bond donors (Lipinski definition) is 2. The summed E-state index contributed by atoms with van der Waals surface area (Å²) in [5.41, 5.74) is 1.10. The molecule has 6 heterocycles. The molecular weight excluding hydrogens is 344 g/mol. The van der Waals surface area contributed by atoms with Crippen LogP contribution in [-0.2, 0) is 4.74 Å². The fourth-order valence-corrected chi connectivity index (χ4v) is 5.22. The second kappa shape index (κ2) is 6.17. The highest BCUT2D eigenvalue weighted by Gasteiger charge is 2.55. The molecule has 4 saturated heterocycles. The lowest BCUT2D eigenvalue weighted by Gasteiger charge is -2.65. The summed E-state index contributed by atoms with van der Waals surface area (Å²) in [6, 6.07) is 4.35. The molecule has 2 unspecified atom stereocenters. The van der Waals surface area contributed by atoms with Crippen molar-refractivity contribution in [2.24, 2.45) is 0 Å². The zero-order valence-corrected chi connectivity index (χ0v) is 15.2. The first-order chi connectivity index (χ1) is 13.3. The van der Waals surface area contributed by atoms with Crippen molar-refractivity contribution in [2.75, 3.05) is 18.5 Å². The summed E-state index contributed by atoms with van der Waals surface area (Å²) in [6.45, 7) is 1.57. The number of piperidine rings is 2. The quantitative estimate of drug-likeness (QED) is 0.836. The van der Waals surface area contributed by atoms with Crippen molar-refractivity contribution in [3.05, 3.63) is 24.2 Å². The Kier molecular flexibility index (Phi) is 3.62. The summed E-state index contributed by atoms with van der Waals surface area (Å²) in [5.74, 6) is 2.38. The number of hydrogen-bond acceptors (Lipinski definition) is 7. The number of aromatic amines is 1. The molecule has 2 aromatic rings. The largest absolute Gasteiger partial charge is 0.473 e. The van der Waals surface area contributed by atoms with E-state index in [9.17, 15) is 0 Å². The molecule has 27 heavy (non-hydrogen) atoms. The number of aromatic nitrogens is 4. The molecular formula is C19H24N6O2. The van der Waals surface area contributed by atoms with Gasteiger partial charge in [0.15, 0.2) is 11.6 Å². The summed E-state index contributed by atoms with van der Waals surface area (Å²) >= 11 is 0. The molecule has 4 aliphatic rings. The van der Waals surface area contributed by atoms with Gasteiger partial charge in [0.2, 0.25) is 5.88 Å². The molecule has 0 radical (unpaired) electrons. The lowest BCUT2D eigenvalue weighted by atomic mass is 9.69. The minimum Gasteiger partial charge on any atom is -0.473 e. The van der Waals surface area contributed by atoms with Crippen LogP contribution in [0.4, 0.5) is 11.6 Å². The summed E-state index contributed by atoms with van der Waals surface area (Å²) in [6.07, 6.45) is 9.59. The summed E-state index contributed by atoms with van der Waals surface area (Å²) in [5, 5.41) is 10.7. The smallest absolute Gasteiger partial charge is 0.234 e. The van der Waals surface area contributed by atoms with Crippen LogP contribution in [0.1, 0.15) is 43.7 Å². The normalized spacial score (nSPS) is 34.4. The van der Waals surface area contributed by atoms with E-state index in [4.69, 9.17) is 9.47 Å². The molecule has 0 amide bonds. The number of rotatable bonds is 5. The van der Waals surface area contributed by atoms with Crippen molar-refractivity contribution in [2.45, 2.75) is 62.3 Å². The second-order valence-electron chi connectivity index (χ2n) is 8.23. The SMILES string of the molecule is c1ncc(OC2C[C@@H]3CC4C[C@H](C2)N43)nc1Nc1cc([C@H]2CCOC2)[nH]n1. The average Bonchev–Trinajstić information content (AvgIpc) is 3.29. The van der Waals surface area contributed by atoms with E-state index < -0.39 is 0 Å². The molecule has 5 atom stereocenters. The molecule has 0 spiro atoms. The van der Waals surface area contributed by atoms with Gasteiger partial charge in [0, 0.05) is 55.3 Å². The van der Waals surface area contributed by atoms with Gasteiger partial charge in [-0.25, -0.2) is 0 Å². The van der Waals surface area contributed by atoms with E-state index in [0.717, 1.165) is 62.1 Å². The van der Waals surface area contributed by atoms with Crippen molar-refractivity contribution in [1.82, 2.24) is 25.1 Å². The van der Waals surface area contributed by atoms with Gasteiger partial charge < -0.3 is 14.8 Å². The summed E-state index contributed by atoms with van der Waals surface area (Å²) in [7, 11) is 0. The van der Waals surface area contributed by atoms with Gasteiger partial charge in [0.1, 0.15) is 6.10 Å². The predicted molar refractivity (Wildman–Crippen MR) is 98.2 cm³/mol. The molecule has 6 rings (SSSR count). The van der Waals surface area contributed by atoms with Crippen LogP contribution in [0.25, 0.3) is 0 Å². The Morgan fingerprint density at radius 2 is 1.96 bits per heavy atom. The van der Waals surface area contributed by atoms with Crippen LogP contribution in [0.2, 0.25) is 0 Å². The maximum Gasteiger partial charge on any atom is 0.234 e. The molecule has 2 N–H and O–H groups in total. The molecule has 0 saturated carbocycles. The van der Waals surface area contributed by atoms with Gasteiger partial charge in [0.05, 0.1) is 19.0 Å². The molecule has 2 aromatic heterocycles. The van der Waals surface area contributed by atoms with Crippen molar-refractivity contribution in [3.63, 3.8) is 0 Å². The first kappa shape index (κ1) is 15.8. The van der Waals surface area contributed by atoms with Crippen LogP contribution in [0.5, 0.6) is 5.88 Å². The zero-order chi connectivity index (χ0) is 17.8. The Morgan fingerprint density at radius 3 is 2.74 bits per heavy atom. The monoisotopic (exact) mass is 368 g/mol. The van der Waals surface area contributed by atoms with Gasteiger partial charge in [-0.15, -0.1) is 0 Å². The highest BCUT2D eigenvalue weighted by Crippen LogP contribution is 2.49. The van der Waals surface area contributed by atoms with Gasteiger partial charge in [-0.05, 0) is 19.3 Å². The second-order valence-corrected chi connectivity index (χ2v) is 8.23. The maximum atomic E-state index is 6.18. The van der Waals surface area contributed by atoms with Gasteiger partial charge in [-0.1, -0.05) is 0 Å². The minimum atomic E-state index is 0.251. The van der Waals surface area contributed by atoms with Gasteiger partial charge in [-0.2, -0.15) is 10.1 Å². The van der Waals surface area contributed by atoms with E-state index in [2.05, 4.69) is 30.4 Å². The van der Waals surface area contributed by atoms with Crippen LogP contribution < -0.4 is 10.1 Å². The van der Waals surface area contributed by atoms with E-state index in [1.807, 2.05) is 6.07 Å². The van der Waals surface area contributed by atoms with Crippen molar-refractivity contribution >= 4 is 11.6 Å². The minimum absolute atomic E-state index is 0.251. The average molecular weight is 368 g/mol. The topological polar surface area (TPSA) is 88.2 Å². The molecule has 8 heteroatoms. The predicted octanol–water partition coefficient (Wildman–Crippen LogP) is 2.20. The zero-order valence-electron chi connectivity index (χ0n) is 15.2. The Labute approximate surface area is 157 Å². The third kappa shape index (κ3) is 2.78. The van der Waals surface area contributed by atoms with E-state index in [1.165, 1.54) is 12.8 Å². The maximum absolute atomic E-state index is 6.18. The summed E-state index contributed by atoms with van der Waals surface area (Å²) < 4.78 is 11.6. The van der Waals surface area contributed by atoms with E-state index in [1.54, 1.807) is 12.4 Å². The number of H-pyrrole nitrogens is 1. The fraction of sp³-hybridized carbons (Fsp3) is 0.632. The van der Waals surface area contributed by atoms with Gasteiger partial charge >= 0.3 is 0 Å². The van der Waals surface area contributed by atoms with Crippen LogP contribution in [0.15, 0.2) is 18.5 Å². The Hall–Kier alpha value is -2.19. The lowest BCUT2D eigenvalue weighted by Crippen LogP contribution is -2.73. The van der Waals surface area contributed by atoms with Gasteiger partial charge in [-0.3, -0.25) is 15.0 Å². The molecule has 4 aliphatic heterocycles. The number of nitrogens with one attached hydrogen (secondary N) is 2. The Morgan fingerprint density at radius 1 is 1.11 bits per heavy atom. The first-order valence-corrected chi connectivity index (χ1v) is 9.98. The molecule has 0 bridgehead atoms. The third-order valence-corrected chi connectivity index (χ3v) is 6.55. The lowest BCUT2D eigenvalue weighted by molar-refractivity contribution is -0.166. The van der Waals surface area contributed by atoms with Crippen LogP contribution >= 0.6 is 0 Å². The standard InChI is InChI=1S/C19H24N6O2/c1-2-26-10-11(1)16-7-17(24-23-16)21-18-8-20-9-19(22-18)27-15-5-13-3-12-4-14(6-15)25(12)13/h7-9,11-15H,1-6,10H2,(H2,21,22,23,24)/t11-,12?,13-,14+,15?/m0/s1. The Bertz CT molecular complexity index is 819. The molecule has 4 fully saturated rings. The van der Waals surface area contributed by atoms with Crippen molar-refractivity contribution < 1.29 is 9.47 Å². The fourth-order valence-electron chi connectivity index (χ4n) is 5.22. The van der Waals surface area contributed by atoms with Crippen LogP contribution in [-0.4, -0.2) is 62.5 Å².